The molecular formula is C12H12O3. The summed E-state index contributed by atoms with van der Waals surface area (Å²) in [7, 11) is 1.61. The van der Waals surface area contributed by atoms with Crippen LogP contribution in [0.2, 0.25) is 0 Å². The van der Waals surface area contributed by atoms with Gasteiger partial charge in [-0.2, -0.15) is 0 Å². The standard InChI is InChI=1S/C12H12O3/c1-8-7-15-12(13)11(8)9-3-5-10(14-2)6-4-9/h3-6H,7H2,1-2H3. The van der Waals surface area contributed by atoms with Gasteiger partial charge in [0.15, 0.2) is 0 Å². The van der Waals surface area contributed by atoms with Gasteiger partial charge in [-0.1, -0.05) is 12.1 Å². The third kappa shape index (κ3) is 1.73. The highest BCUT2D eigenvalue weighted by Gasteiger charge is 2.23. The molecule has 0 saturated heterocycles. The number of rotatable bonds is 2. The van der Waals surface area contributed by atoms with E-state index >= 15 is 0 Å². The van der Waals surface area contributed by atoms with E-state index in [0.717, 1.165) is 16.9 Å². The molecule has 0 atom stereocenters. The Labute approximate surface area is 88.3 Å². The van der Waals surface area contributed by atoms with Crippen LogP contribution in [0.5, 0.6) is 5.75 Å². The third-order valence-electron chi connectivity index (χ3n) is 2.43. The first-order valence-corrected chi connectivity index (χ1v) is 4.73. The summed E-state index contributed by atoms with van der Waals surface area (Å²) in [4.78, 5) is 11.4. The minimum atomic E-state index is -0.238. The average Bonchev–Trinajstić information content (AvgIpc) is 2.59. The molecule has 15 heavy (non-hydrogen) atoms. The summed E-state index contributed by atoms with van der Waals surface area (Å²) in [5, 5.41) is 0. The Morgan fingerprint density at radius 3 is 2.40 bits per heavy atom. The van der Waals surface area contributed by atoms with E-state index in [1.54, 1.807) is 7.11 Å². The van der Waals surface area contributed by atoms with E-state index in [1.165, 1.54) is 0 Å². The Bertz CT molecular complexity index is 415. The highest BCUT2D eigenvalue weighted by atomic mass is 16.5. The van der Waals surface area contributed by atoms with E-state index in [9.17, 15) is 4.79 Å². The van der Waals surface area contributed by atoms with Crippen LogP contribution in [0.15, 0.2) is 29.8 Å². The molecule has 0 aliphatic carbocycles. The van der Waals surface area contributed by atoms with Crippen molar-refractivity contribution in [3.05, 3.63) is 35.4 Å². The summed E-state index contributed by atoms with van der Waals surface area (Å²) >= 11 is 0. The van der Waals surface area contributed by atoms with Gasteiger partial charge in [0.05, 0.1) is 12.7 Å². The van der Waals surface area contributed by atoms with Crippen LogP contribution in [0.1, 0.15) is 12.5 Å². The van der Waals surface area contributed by atoms with Gasteiger partial charge in [-0.25, -0.2) is 4.79 Å². The molecule has 3 nitrogen and oxygen atoms in total. The van der Waals surface area contributed by atoms with Crippen LogP contribution in [0.4, 0.5) is 0 Å². The molecule has 1 aromatic carbocycles. The molecule has 2 rings (SSSR count). The molecule has 0 radical (unpaired) electrons. The van der Waals surface area contributed by atoms with Crippen LogP contribution < -0.4 is 4.74 Å². The topological polar surface area (TPSA) is 35.5 Å². The zero-order valence-electron chi connectivity index (χ0n) is 8.74. The second-order valence-corrected chi connectivity index (χ2v) is 3.46. The number of methoxy groups -OCH3 is 1. The van der Waals surface area contributed by atoms with Crippen LogP contribution >= 0.6 is 0 Å². The number of carbonyl (C=O) groups excluding carboxylic acids is 1. The number of carbonyl (C=O) groups is 1. The van der Waals surface area contributed by atoms with Gasteiger partial charge in [0.2, 0.25) is 0 Å². The number of hydrogen-bond acceptors (Lipinski definition) is 3. The number of cyclic esters (lactones) is 1. The predicted molar refractivity (Wildman–Crippen MR) is 56.5 cm³/mol. The Morgan fingerprint density at radius 2 is 1.93 bits per heavy atom. The van der Waals surface area contributed by atoms with Crippen molar-refractivity contribution in [1.82, 2.24) is 0 Å². The number of esters is 1. The van der Waals surface area contributed by atoms with Crippen LogP contribution in [-0.4, -0.2) is 19.7 Å². The van der Waals surface area contributed by atoms with E-state index in [4.69, 9.17) is 9.47 Å². The minimum absolute atomic E-state index is 0.238. The Balaban J connectivity index is 2.37. The zero-order valence-corrected chi connectivity index (χ0v) is 8.74. The van der Waals surface area contributed by atoms with Crippen molar-refractivity contribution in [3.63, 3.8) is 0 Å². The summed E-state index contributed by atoms with van der Waals surface area (Å²) in [5.74, 6) is 0.543. The first-order valence-electron chi connectivity index (χ1n) is 4.73. The Kier molecular flexibility index (Phi) is 2.46. The summed E-state index contributed by atoms with van der Waals surface area (Å²) in [6.45, 7) is 2.31. The van der Waals surface area contributed by atoms with Crippen molar-refractivity contribution < 1.29 is 14.3 Å². The number of ether oxygens (including phenoxy) is 2. The molecule has 0 fully saturated rings. The Morgan fingerprint density at radius 1 is 1.27 bits per heavy atom. The van der Waals surface area contributed by atoms with Gasteiger partial charge < -0.3 is 9.47 Å². The second kappa shape index (κ2) is 3.77. The fourth-order valence-corrected chi connectivity index (χ4v) is 1.61. The van der Waals surface area contributed by atoms with Gasteiger partial charge in [-0.15, -0.1) is 0 Å². The normalized spacial score (nSPS) is 15.5. The molecule has 1 aliphatic heterocycles. The van der Waals surface area contributed by atoms with Gasteiger partial charge >= 0.3 is 5.97 Å². The lowest BCUT2D eigenvalue weighted by molar-refractivity contribution is -0.134. The Hall–Kier alpha value is -1.77. The number of benzene rings is 1. The largest absolute Gasteiger partial charge is 0.497 e. The van der Waals surface area contributed by atoms with Crippen molar-refractivity contribution in [2.75, 3.05) is 13.7 Å². The van der Waals surface area contributed by atoms with Crippen LogP contribution in [0.25, 0.3) is 5.57 Å². The molecule has 0 spiro atoms. The monoisotopic (exact) mass is 204 g/mol. The number of hydrogen-bond donors (Lipinski definition) is 0. The first kappa shape index (κ1) is 9.77. The molecule has 0 aromatic heterocycles. The first-order chi connectivity index (χ1) is 7.22. The van der Waals surface area contributed by atoms with Crippen molar-refractivity contribution >= 4 is 11.5 Å². The lowest BCUT2D eigenvalue weighted by Gasteiger charge is -2.03. The highest BCUT2D eigenvalue weighted by Crippen LogP contribution is 2.27. The summed E-state index contributed by atoms with van der Waals surface area (Å²) in [6.07, 6.45) is 0. The molecule has 0 unspecified atom stereocenters. The van der Waals surface area contributed by atoms with Crippen molar-refractivity contribution in [2.45, 2.75) is 6.92 Å². The van der Waals surface area contributed by atoms with Crippen molar-refractivity contribution in [3.8, 4) is 5.75 Å². The summed E-state index contributed by atoms with van der Waals surface area (Å²) < 4.78 is 10.00. The molecule has 0 saturated carbocycles. The molecule has 1 heterocycles. The molecule has 1 aliphatic rings. The van der Waals surface area contributed by atoms with Gasteiger partial charge in [0, 0.05) is 0 Å². The molecule has 1 aromatic rings. The van der Waals surface area contributed by atoms with E-state index < -0.39 is 0 Å². The van der Waals surface area contributed by atoms with Gasteiger partial charge in [-0.05, 0) is 30.2 Å². The maximum absolute atomic E-state index is 11.4. The quantitative estimate of drug-likeness (QED) is 0.691. The molecule has 78 valence electrons. The van der Waals surface area contributed by atoms with Gasteiger partial charge in [0.25, 0.3) is 0 Å². The third-order valence-corrected chi connectivity index (χ3v) is 2.43. The van der Waals surface area contributed by atoms with E-state index in [1.807, 2.05) is 31.2 Å². The van der Waals surface area contributed by atoms with E-state index in [-0.39, 0.29) is 5.97 Å². The maximum Gasteiger partial charge on any atom is 0.339 e. The molecule has 0 N–H and O–H groups in total. The van der Waals surface area contributed by atoms with E-state index in [2.05, 4.69) is 0 Å². The fraction of sp³-hybridized carbons (Fsp3) is 0.250. The van der Waals surface area contributed by atoms with Gasteiger partial charge in [0.1, 0.15) is 12.4 Å². The molecular weight excluding hydrogens is 192 g/mol. The van der Waals surface area contributed by atoms with Crippen LogP contribution in [-0.2, 0) is 9.53 Å². The average molecular weight is 204 g/mol. The molecule has 0 amide bonds. The minimum Gasteiger partial charge on any atom is -0.497 e. The molecule has 3 heteroatoms. The lowest BCUT2D eigenvalue weighted by Crippen LogP contribution is -1.98. The van der Waals surface area contributed by atoms with Crippen molar-refractivity contribution in [2.24, 2.45) is 0 Å². The van der Waals surface area contributed by atoms with Crippen LogP contribution in [0.3, 0.4) is 0 Å². The SMILES string of the molecule is COc1ccc(C2=C(C)COC2=O)cc1. The zero-order chi connectivity index (χ0) is 10.8. The summed E-state index contributed by atoms with van der Waals surface area (Å²) in [6, 6.07) is 7.40. The second-order valence-electron chi connectivity index (χ2n) is 3.46. The van der Waals surface area contributed by atoms with Crippen molar-refractivity contribution in [1.29, 1.82) is 0 Å². The predicted octanol–water partition coefficient (Wildman–Crippen LogP) is 2.03. The lowest BCUT2D eigenvalue weighted by atomic mass is 10.0. The van der Waals surface area contributed by atoms with Gasteiger partial charge in [-0.3, -0.25) is 0 Å². The van der Waals surface area contributed by atoms with E-state index in [0.29, 0.717) is 12.2 Å². The smallest absolute Gasteiger partial charge is 0.339 e. The fourth-order valence-electron chi connectivity index (χ4n) is 1.61. The molecule has 0 bridgehead atoms. The van der Waals surface area contributed by atoms with Crippen LogP contribution in [0, 0.1) is 0 Å². The highest BCUT2D eigenvalue weighted by molar-refractivity contribution is 6.19. The summed E-state index contributed by atoms with van der Waals surface area (Å²) in [5.41, 5.74) is 2.54. The maximum atomic E-state index is 11.4.